The number of hydrogen-bond acceptors (Lipinski definition) is 4. The van der Waals surface area contributed by atoms with Crippen LogP contribution in [0.25, 0.3) is 0 Å². The summed E-state index contributed by atoms with van der Waals surface area (Å²) in [6.45, 7) is 3.49. The maximum atomic E-state index is 13.8. The molecule has 0 aliphatic rings. The second-order valence-corrected chi connectivity index (χ2v) is 10.4. The molecule has 2 aromatic rings. The van der Waals surface area contributed by atoms with E-state index in [9.17, 15) is 26.8 Å². The van der Waals surface area contributed by atoms with Crippen molar-refractivity contribution < 1.29 is 26.8 Å². The molecule has 1 N–H and O–H groups in total. The van der Waals surface area contributed by atoms with Crippen molar-refractivity contribution in [1.29, 1.82) is 0 Å². The Morgan fingerprint density at radius 1 is 1.06 bits per heavy atom. The van der Waals surface area contributed by atoms with Crippen molar-refractivity contribution in [2.45, 2.75) is 45.7 Å². The van der Waals surface area contributed by atoms with Gasteiger partial charge in [-0.15, -0.1) is 0 Å². The van der Waals surface area contributed by atoms with E-state index in [1.807, 2.05) is 6.92 Å². The zero-order chi connectivity index (χ0) is 26.2. The molecule has 0 bridgehead atoms. The first kappa shape index (κ1) is 28.5. The fourth-order valence-corrected chi connectivity index (χ4v) is 4.43. The largest absolute Gasteiger partial charge is 0.354 e. The van der Waals surface area contributed by atoms with Gasteiger partial charge in [-0.25, -0.2) is 17.2 Å². The molecule has 0 heterocycles. The van der Waals surface area contributed by atoms with Gasteiger partial charge in [-0.1, -0.05) is 44.0 Å². The van der Waals surface area contributed by atoms with Crippen LogP contribution in [0, 0.1) is 11.6 Å². The van der Waals surface area contributed by atoms with Crippen LogP contribution in [0.5, 0.6) is 0 Å². The second kappa shape index (κ2) is 12.8. The molecule has 0 saturated carbocycles. The molecule has 0 spiro atoms. The fraction of sp³-hybridized carbons (Fsp3) is 0.417. The molecule has 0 aliphatic carbocycles. The van der Waals surface area contributed by atoms with E-state index < -0.39 is 40.2 Å². The highest BCUT2D eigenvalue weighted by Crippen LogP contribution is 2.22. The summed E-state index contributed by atoms with van der Waals surface area (Å²) >= 11 is 5.96. The van der Waals surface area contributed by atoms with Crippen molar-refractivity contribution in [1.82, 2.24) is 10.2 Å². The number of carbonyl (C=O) groups is 2. The third kappa shape index (κ3) is 8.17. The molecule has 35 heavy (non-hydrogen) atoms. The number of nitrogens with zero attached hydrogens (tertiary/aromatic N) is 2. The maximum Gasteiger partial charge on any atom is 0.244 e. The normalized spacial score (nSPS) is 12.2. The fourth-order valence-electron chi connectivity index (χ4n) is 3.47. The van der Waals surface area contributed by atoms with Crippen LogP contribution < -0.4 is 9.62 Å². The highest BCUT2D eigenvalue weighted by molar-refractivity contribution is 7.92. The summed E-state index contributed by atoms with van der Waals surface area (Å²) in [6.07, 6.45) is 2.79. The van der Waals surface area contributed by atoms with Crippen molar-refractivity contribution in [3.8, 4) is 0 Å². The van der Waals surface area contributed by atoms with Gasteiger partial charge in [-0.2, -0.15) is 0 Å². The lowest BCUT2D eigenvalue weighted by Gasteiger charge is -2.33. The Hall–Kier alpha value is -2.72. The molecule has 2 rings (SSSR count). The van der Waals surface area contributed by atoms with Crippen molar-refractivity contribution in [2.24, 2.45) is 0 Å². The van der Waals surface area contributed by atoms with Crippen molar-refractivity contribution in [3.05, 3.63) is 64.7 Å². The van der Waals surface area contributed by atoms with Crippen LogP contribution in [-0.4, -0.2) is 50.5 Å². The molecular weight excluding hydrogens is 500 g/mol. The van der Waals surface area contributed by atoms with Crippen LogP contribution >= 0.6 is 11.6 Å². The lowest BCUT2D eigenvalue weighted by atomic mass is 10.1. The van der Waals surface area contributed by atoms with E-state index in [1.54, 1.807) is 31.2 Å². The highest BCUT2D eigenvalue weighted by Gasteiger charge is 2.31. The minimum Gasteiger partial charge on any atom is -0.354 e. The number of sulfonamides is 1. The number of anilines is 1. The highest BCUT2D eigenvalue weighted by atomic mass is 35.5. The topological polar surface area (TPSA) is 86.8 Å². The number of benzene rings is 2. The van der Waals surface area contributed by atoms with E-state index >= 15 is 0 Å². The Kier molecular flexibility index (Phi) is 10.5. The van der Waals surface area contributed by atoms with Crippen molar-refractivity contribution in [3.63, 3.8) is 0 Å². The van der Waals surface area contributed by atoms with Gasteiger partial charge in [0.25, 0.3) is 0 Å². The average molecular weight is 530 g/mol. The minimum absolute atomic E-state index is 0.0189. The molecule has 11 heteroatoms. The number of hydrogen-bond donors (Lipinski definition) is 1. The average Bonchev–Trinajstić information content (AvgIpc) is 2.80. The number of rotatable bonds is 12. The summed E-state index contributed by atoms with van der Waals surface area (Å²) in [5.74, 6) is -3.43. The number of nitrogens with one attached hydrogen (secondary N) is 1. The molecule has 7 nitrogen and oxygen atoms in total. The Bertz CT molecular complexity index is 1130. The van der Waals surface area contributed by atoms with Crippen LogP contribution in [0.15, 0.2) is 42.5 Å². The molecule has 0 fully saturated rings. The SMILES string of the molecule is CCCCNC(=O)[C@@H](CC)N(Cc1ccc(Cl)cc1)C(=O)CN(c1ccc(F)c(F)c1)S(C)(=O)=O. The third-order valence-electron chi connectivity index (χ3n) is 5.35. The first-order valence-corrected chi connectivity index (χ1v) is 13.4. The first-order valence-electron chi connectivity index (χ1n) is 11.2. The molecule has 0 radical (unpaired) electrons. The first-order chi connectivity index (χ1) is 16.5. The maximum absolute atomic E-state index is 13.8. The van der Waals surface area contributed by atoms with Gasteiger partial charge < -0.3 is 10.2 Å². The summed E-state index contributed by atoms with van der Waals surface area (Å²) in [5, 5.41) is 3.31. The number of amides is 2. The Balaban J connectivity index is 2.41. The molecule has 2 aromatic carbocycles. The van der Waals surface area contributed by atoms with E-state index in [0.717, 1.165) is 31.2 Å². The summed E-state index contributed by atoms with van der Waals surface area (Å²) in [6, 6.07) is 8.39. The molecule has 0 unspecified atom stereocenters. The number of carbonyl (C=O) groups excluding carboxylic acids is 2. The van der Waals surface area contributed by atoms with Gasteiger partial charge in [-0.3, -0.25) is 13.9 Å². The zero-order valence-electron chi connectivity index (χ0n) is 19.9. The van der Waals surface area contributed by atoms with E-state index in [1.165, 1.54) is 4.90 Å². The molecule has 192 valence electrons. The Labute approximate surface area is 210 Å². The van der Waals surface area contributed by atoms with Gasteiger partial charge in [0, 0.05) is 24.2 Å². The van der Waals surface area contributed by atoms with Crippen LogP contribution in [0.4, 0.5) is 14.5 Å². The van der Waals surface area contributed by atoms with Gasteiger partial charge in [0.2, 0.25) is 21.8 Å². The smallest absolute Gasteiger partial charge is 0.244 e. The number of halogens is 3. The quantitative estimate of drug-likeness (QED) is 0.419. The molecule has 0 saturated heterocycles. The third-order valence-corrected chi connectivity index (χ3v) is 6.74. The van der Waals surface area contributed by atoms with Gasteiger partial charge in [0.1, 0.15) is 12.6 Å². The lowest BCUT2D eigenvalue weighted by Crippen LogP contribution is -2.52. The summed E-state index contributed by atoms with van der Waals surface area (Å²) < 4.78 is 52.9. The predicted octanol–water partition coefficient (Wildman–Crippen LogP) is 4.11. The molecular formula is C24H30ClF2N3O4S. The Morgan fingerprint density at radius 3 is 2.26 bits per heavy atom. The zero-order valence-corrected chi connectivity index (χ0v) is 21.5. The monoisotopic (exact) mass is 529 g/mol. The summed E-state index contributed by atoms with van der Waals surface area (Å²) in [7, 11) is -4.05. The van der Waals surface area contributed by atoms with Crippen LogP contribution in [-0.2, 0) is 26.2 Å². The van der Waals surface area contributed by atoms with E-state index in [4.69, 9.17) is 11.6 Å². The Morgan fingerprint density at radius 2 is 1.71 bits per heavy atom. The lowest BCUT2D eigenvalue weighted by molar-refractivity contribution is -0.140. The van der Waals surface area contributed by atoms with Gasteiger partial charge in [0.05, 0.1) is 11.9 Å². The van der Waals surface area contributed by atoms with Gasteiger partial charge in [0.15, 0.2) is 11.6 Å². The van der Waals surface area contributed by atoms with Crippen molar-refractivity contribution in [2.75, 3.05) is 23.7 Å². The van der Waals surface area contributed by atoms with Crippen LogP contribution in [0.2, 0.25) is 5.02 Å². The van der Waals surface area contributed by atoms with Crippen LogP contribution in [0.3, 0.4) is 0 Å². The van der Waals surface area contributed by atoms with Gasteiger partial charge in [-0.05, 0) is 42.7 Å². The van der Waals surface area contributed by atoms with Gasteiger partial charge >= 0.3 is 0 Å². The van der Waals surface area contributed by atoms with E-state index in [2.05, 4.69) is 5.32 Å². The predicted molar refractivity (Wildman–Crippen MR) is 133 cm³/mol. The standard InChI is InChI=1S/C24H30ClF2N3O4S/c1-4-6-13-28-24(32)22(5-2)29(15-17-7-9-18(25)10-8-17)23(31)16-30(35(3,33)34)19-11-12-20(26)21(27)14-19/h7-12,14,22H,4-6,13,15-16H2,1-3H3,(H,28,32)/t22-/m1/s1. The molecule has 0 aliphatic heterocycles. The molecule has 2 amide bonds. The van der Waals surface area contributed by atoms with Crippen LogP contribution in [0.1, 0.15) is 38.7 Å². The molecule has 0 aromatic heterocycles. The van der Waals surface area contributed by atoms with E-state index in [-0.39, 0.29) is 24.6 Å². The summed E-state index contributed by atoms with van der Waals surface area (Å²) in [4.78, 5) is 27.7. The molecule has 1 atom stereocenters. The van der Waals surface area contributed by atoms with Crippen molar-refractivity contribution >= 4 is 39.1 Å². The van der Waals surface area contributed by atoms with E-state index in [0.29, 0.717) is 27.5 Å². The number of unbranched alkanes of at least 4 members (excludes halogenated alkanes) is 1. The summed E-state index contributed by atoms with van der Waals surface area (Å²) in [5.41, 5.74) is 0.480. The second-order valence-electron chi connectivity index (χ2n) is 8.08. The minimum atomic E-state index is -4.05.